The molecular formula is C15H18F3N5O2S. The molecule has 1 amide bonds. The van der Waals surface area contributed by atoms with Gasteiger partial charge in [0.2, 0.25) is 11.1 Å². The number of nitrogen functional groups attached to an aromatic ring is 1. The van der Waals surface area contributed by atoms with Gasteiger partial charge in [0.05, 0.1) is 12.4 Å². The van der Waals surface area contributed by atoms with E-state index in [9.17, 15) is 18.0 Å². The van der Waals surface area contributed by atoms with E-state index < -0.39 is 12.0 Å². The van der Waals surface area contributed by atoms with E-state index in [-0.39, 0.29) is 16.8 Å². The first-order valence-corrected chi connectivity index (χ1v) is 8.57. The van der Waals surface area contributed by atoms with E-state index in [1.807, 2.05) is 31.2 Å². The summed E-state index contributed by atoms with van der Waals surface area (Å²) in [7, 11) is 1.60. The molecule has 7 nitrogen and oxygen atoms in total. The Morgan fingerprint density at radius 3 is 2.50 bits per heavy atom. The maximum atomic E-state index is 12.6. The molecule has 2 aromatic rings. The first kappa shape index (κ1) is 19.9. The smallest absolute Gasteiger partial charge is 0.453 e. The van der Waals surface area contributed by atoms with Crippen LogP contribution in [0, 0.1) is 0 Å². The predicted octanol–water partition coefficient (Wildman–Crippen LogP) is 2.16. The van der Waals surface area contributed by atoms with Gasteiger partial charge in [0, 0.05) is 13.6 Å². The fraction of sp³-hybridized carbons (Fsp3) is 0.400. The summed E-state index contributed by atoms with van der Waals surface area (Å²) in [5.41, 5.74) is 0.899. The number of benzene rings is 1. The molecule has 2 N–H and O–H groups in total. The van der Waals surface area contributed by atoms with Crippen molar-refractivity contribution >= 4 is 17.7 Å². The van der Waals surface area contributed by atoms with E-state index in [1.54, 1.807) is 7.05 Å². The molecule has 0 aliphatic rings. The molecule has 1 aromatic carbocycles. The quantitative estimate of drug-likeness (QED) is 0.577. The Balaban J connectivity index is 1.90. The SMILES string of the molecule is CCOc1ccc(CN(C)C(=O)CSc2nnc(C(F)(F)F)n2N)cc1. The number of rotatable bonds is 7. The van der Waals surface area contributed by atoms with E-state index in [4.69, 9.17) is 10.6 Å². The monoisotopic (exact) mass is 389 g/mol. The maximum absolute atomic E-state index is 12.6. The third kappa shape index (κ3) is 5.04. The summed E-state index contributed by atoms with van der Waals surface area (Å²) in [5.74, 6) is 4.37. The van der Waals surface area contributed by atoms with Crippen LogP contribution in [0.1, 0.15) is 18.3 Å². The molecule has 1 heterocycles. The lowest BCUT2D eigenvalue weighted by Gasteiger charge is -2.17. The first-order chi connectivity index (χ1) is 12.2. The van der Waals surface area contributed by atoms with Gasteiger partial charge in [-0.2, -0.15) is 13.2 Å². The molecule has 0 atom stereocenters. The normalized spacial score (nSPS) is 11.4. The molecule has 0 fully saturated rings. The highest BCUT2D eigenvalue weighted by molar-refractivity contribution is 7.99. The molecule has 0 radical (unpaired) electrons. The Morgan fingerprint density at radius 2 is 1.96 bits per heavy atom. The molecule has 0 saturated carbocycles. The first-order valence-electron chi connectivity index (χ1n) is 7.58. The van der Waals surface area contributed by atoms with Crippen LogP contribution in [0.2, 0.25) is 0 Å². The van der Waals surface area contributed by atoms with Gasteiger partial charge in [-0.05, 0) is 24.6 Å². The molecule has 0 aliphatic carbocycles. The van der Waals surface area contributed by atoms with Crippen LogP contribution in [-0.4, -0.2) is 45.1 Å². The lowest BCUT2D eigenvalue weighted by atomic mass is 10.2. The van der Waals surface area contributed by atoms with Crippen molar-refractivity contribution in [3.63, 3.8) is 0 Å². The lowest BCUT2D eigenvalue weighted by Crippen LogP contribution is -2.28. The summed E-state index contributed by atoms with van der Waals surface area (Å²) in [5, 5.41) is 6.20. The minimum absolute atomic E-state index is 0.110. The van der Waals surface area contributed by atoms with Gasteiger partial charge in [-0.25, -0.2) is 4.68 Å². The van der Waals surface area contributed by atoms with Crippen LogP contribution in [-0.2, 0) is 17.5 Å². The molecule has 0 unspecified atom stereocenters. The molecule has 0 spiro atoms. The number of carbonyl (C=O) groups excluding carboxylic acids is 1. The minimum atomic E-state index is -4.70. The van der Waals surface area contributed by atoms with Crippen LogP contribution >= 0.6 is 11.8 Å². The van der Waals surface area contributed by atoms with Gasteiger partial charge >= 0.3 is 6.18 Å². The van der Waals surface area contributed by atoms with Crippen molar-refractivity contribution in [3.05, 3.63) is 35.7 Å². The summed E-state index contributed by atoms with van der Waals surface area (Å²) in [6.07, 6.45) is -4.70. The third-order valence-corrected chi connectivity index (χ3v) is 4.25. The number of nitrogens with zero attached hydrogens (tertiary/aromatic N) is 4. The second-order valence-electron chi connectivity index (χ2n) is 5.29. The van der Waals surface area contributed by atoms with Gasteiger partial charge in [0.15, 0.2) is 0 Å². The van der Waals surface area contributed by atoms with Crippen LogP contribution in [0.4, 0.5) is 13.2 Å². The van der Waals surface area contributed by atoms with Crippen molar-refractivity contribution in [3.8, 4) is 5.75 Å². The minimum Gasteiger partial charge on any atom is -0.494 e. The zero-order chi connectivity index (χ0) is 19.3. The number of aromatic nitrogens is 3. The van der Waals surface area contributed by atoms with Crippen molar-refractivity contribution < 1.29 is 22.7 Å². The Kier molecular flexibility index (Phi) is 6.35. The molecule has 2 rings (SSSR count). The number of alkyl halides is 3. The zero-order valence-corrected chi connectivity index (χ0v) is 15.0. The number of hydrogen-bond acceptors (Lipinski definition) is 6. The summed E-state index contributed by atoms with van der Waals surface area (Å²) < 4.78 is 43.5. The fourth-order valence-corrected chi connectivity index (χ4v) is 2.82. The number of thioether (sulfide) groups is 1. The number of amides is 1. The Hall–Kier alpha value is -2.43. The van der Waals surface area contributed by atoms with Gasteiger partial charge in [0.1, 0.15) is 5.75 Å². The molecule has 142 valence electrons. The summed E-state index contributed by atoms with van der Waals surface area (Å²) in [6.45, 7) is 2.81. The molecule has 11 heteroatoms. The van der Waals surface area contributed by atoms with E-state index in [0.29, 0.717) is 17.8 Å². The Morgan fingerprint density at radius 1 is 1.31 bits per heavy atom. The lowest BCUT2D eigenvalue weighted by molar-refractivity contribution is -0.146. The van der Waals surface area contributed by atoms with E-state index in [1.165, 1.54) is 4.90 Å². The summed E-state index contributed by atoms with van der Waals surface area (Å²) in [4.78, 5) is 13.6. The molecule has 0 bridgehead atoms. The molecule has 26 heavy (non-hydrogen) atoms. The molecule has 0 aliphatic heterocycles. The van der Waals surface area contributed by atoms with Crippen LogP contribution in [0.15, 0.2) is 29.4 Å². The third-order valence-electron chi connectivity index (χ3n) is 3.32. The molecule has 1 aromatic heterocycles. The van der Waals surface area contributed by atoms with Gasteiger partial charge in [0.25, 0.3) is 5.82 Å². The van der Waals surface area contributed by atoms with Crippen molar-refractivity contribution in [2.45, 2.75) is 24.8 Å². The van der Waals surface area contributed by atoms with Crippen molar-refractivity contribution in [1.82, 2.24) is 19.8 Å². The number of ether oxygens (including phenoxy) is 1. The fourth-order valence-electron chi connectivity index (χ4n) is 2.03. The number of nitrogens with two attached hydrogens (primary N) is 1. The van der Waals surface area contributed by atoms with Gasteiger partial charge < -0.3 is 15.5 Å². The Labute approximate surface area is 152 Å². The highest BCUT2D eigenvalue weighted by Crippen LogP contribution is 2.28. The number of carbonyl (C=O) groups is 1. The summed E-state index contributed by atoms with van der Waals surface area (Å²) in [6, 6.07) is 7.30. The van der Waals surface area contributed by atoms with Crippen molar-refractivity contribution in [2.75, 3.05) is 25.3 Å². The van der Waals surface area contributed by atoms with Gasteiger partial charge in [-0.3, -0.25) is 4.79 Å². The van der Waals surface area contributed by atoms with E-state index in [2.05, 4.69) is 10.2 Å². The number of halogens is 3. The van der Waals surface area contributed by atoms with Crippen LogP contribution in [0.25, 0.3) is 0 Å². The van der Waals surface area contributed by atoms with Gasteiger partial charge in [-0.1, -0.05) is 23.9 Å². The zero-order valence-electron chi connectivity index (χ0n) is 14.2. The summed E-state index contributed by atoms with van der Waals surface area (Å²) >= 11 is 0.793. The standard InChI is InChI=1S/C15H18F3N5O2S/c1-3-25-11-6-4-10(5-7-11)8-22(2)12(24)9-26-14-21-20-13(23(14)19)15(16,17)18/h4-7H,3,8-9,19H2,1-2H3. The van der Waals surface area contributed by atoms with Crippen LogP contribution < -0.4 is 10.6 Å². The van der Waals surface area contributed by atoms with E-state index in [0.717, 1.165) is 23.1 Å². The molecular weight excluding hydrogens is 371 g/mol. The second kappa shape index (κ2) is 8.30. The largest absolute Gasteiger partial charge is 0.494 e. The average molecular weight is 389 g/mol. The topological polar surface area (TPSA) is 86.3 Å². The second-order valence-corrected chi connectivity index (χ2v) is 6.23. The van der Waals surface area contributed by atoms with Gasteiger partial charge in [-0.15, -0.1) is 10.2 Å². The average Bonchev–Trinajstić information content (AvgIpc) is 2.95. The van der Waals surface area contributed by atoms with Crippen LogP contribution in [0.5, 0.6) is 5.75 Å². The van der Waals surface area contributed by atoms with Crippen molar-refractivity contribution in [2.24, 2.45) is 0 Å². The maximum Gasteiger partial charge on any atom is 0.453 e. The van der Waals surface area contributed by atoms with E-state index >= 15 is 0 Å². The number of hydrogen-bond donors (Lipinski definition) is 1. The molecule has 0 saturated heterocycles. The Bertz CT molecular complexity index is 749. The highest BCUT2D eigenvalue weighted by Gasteiger charge is 2.38. The van der Waals surface area contributed by atoms with Crippen LogP contribution in [0.3, 0.4) is 0 Å². The predicted molar refractivity (Wildman–Crippen MR) is 90.0 cm³/mol. The highest BCUT2D eigenvalue weighted by atomic mass is 32.2. The van der Waals surface area contributed by atoms with Crippen molar-refractivity contribution in [1.29, 1.82) is 0 Å².